The first-order chi connectivity index (χ1) is 7.60. The normalized spacial score (nSPS) is 9.94. The van der Waals surface area contributed by atoms with Crippen LogP contribution in [0, 0.1) is 17.9 Å². The smallest absolute Gasteiger partial charge is 0.293 e. The third-order valence-electron chi connectivity index (χ3n) is 2.24. The van der Waals surface area contributed by atoms with Gasteiger partial charge in [-0.15, -0.1) is 0 Å². The van der Waals surface area contributed by atoms with Crippen molar-refractivity contribution in [3.63, 3.8) is 0 Å². The second-order valence-electron chi connectivity index (χ2n) is 3.10. The minimum absolute atomic E-state index is 0.00444. The first-order valence-electron chi connectivity index (χ1n) is 4.22. The van der Waals surface area contributed by atoms with Crippen LogP contribution in [0.15, 0.2) is 15.8 Å². The summed E-state index contributed by atoms with van der Waals surface area (Å²) in [5.41, 5.74) is -1.11. The molecule has 0 amide bonds. The zero-order chi connectivity index (χ0) is 11.9. The summed E-state index contributed by atoms with van der Waals surface area (Å²) in [4.78, 5) is 28.5. The molecule has 2 rings (SSSR count). The van der Waals surface area contributed by atoms with Crippen molar-refractivity contribution in [2.75, 3.05) is 0 Å². The topological polar surface area (TPSA) is 87.4 Å². The van der Waals surface area contributed by atoms with Crippen molar-refractivity contribution >= 4 is 11.3 Å². The maximum Gasteiger partial charge on any atom is 0.336 e. The van der Waals surface area contributed by atoms with Gasteiger partial charge in [-0.1, -0.05) is 0 Å². The molecule has 1 N–H and O–H groups in total. The molecule has 2 heterocycles. The maximum atomic E-state index is 11.6. The van der Waals surface area contributed by atoms with Gasteiger partial charge in [0.05, 0.1) is 12.6 Å². The molecular formula is C9H5N5O2. The van der Waals surface area contributed by atoms with Gasteiger partial charge in [0.1, 0.15) is 11.2 Å². The molecule has 0 saturated heterocycles. The SMILES string of the molecule is [C-]#[N+]c1cn2c(=O)n(C)c(=O)[nH]c2c1C#N. The van der Waals surface area contributed by atoms with E-state index >= 15 is 0 Å². The number of nitrogens with zero attached hydrogens (tertiary/aromatic N) is 4. The second kappa shape index (κ2) is 3.11. The monoisotopic (exact) mass is 215 g/mol. The quantitative estimate of drug-likeness (QED) is 0.614. The van der Waals surface area contributed by atoms with Gasteiger partial charge in [0.15, 0.2) is 0 Å². The molecule has 2 aromatic rings. The summed E-state index contributed by atoms with van der Waals surface area (Å²) >= 11 is 0. The van der Waals surface area contributed by atoms with Crippen LogP contribution in [0.3, 0.4) is 0 Å². The highest BCUT2D eigenvalue weighted by Gasteiger charge is 2.14. The summed E-state index contributed by atoms with van der Waals surface area (Å²) in [7, 11) is 1.31. The van der Waals surface area contributed by atoms with Gasteiger partial charge in [0.25, 0.3) is 0 Å². The van der Waals surface area contributed by atoms with Crippen molar-refractivity contribution in [1.82, 2.24) is 14.0 Å². The van der Waals surface area contributed by atoms with Crippen LogP contribution in [-0.2, 0) is 7.05 Å². The van der Waals surface area contributed by atoms with Crippen molar-refractivity contribution in [2.24, 2.45) is 7.05 Å². The van der Waals surface area contributed by atoms with Crippen LogP contribution in [0.5, 0.6) is 0 Å². The first-order valence-corrected chi connectivity index (χ1v) is 4.22. The Morgan fingerprint density at radius 1 is 1.56 bits per heavy atom. The van der Waals surface area contributed by atoms with Crippen LogP contribution in [0.25, 0.3) is 10.5 Å². The van der Waals surface area contributed by atoms with Crippen LogP contribution in [0.1, 0.15) is 5.56 Å². The Morgan fingerprint density at radius 3 is 2.81 bits per heavy atom. The van der Waals surface area contributed by atoms with Gasteiger partial charge in [-0.2, -0.15) is 5.26 Å². The van der Waals surface area contributed by atoms with E-state index in [-0.39, 0.29) is 16.9 Å². The molecule has 0 radical (unpaired) electrons. The molecule has 0 unspecified atom stereocenters. The summed E-state index contributed by atoms with van der Waals surface area (Å²) in [6.07, 6.45) is 1.24. The van der Waals surface area contributed by atoms with Gasteiger partial charge in [0.2, 0.25) is 5.69 Å². The Bertz CT molecular complexity index is 778. The Balaban J connectivity index is 3.15. The van der Waals surface area contributed by atoms with Crippen molar-refractivity contribution in [1.29, 1.82) is 5.26 Å². The number of hydrogen-bond donors (Lipinski definition) is 1. The molecule has 0 aliphatic carbocycles. The van der Waals surface area contributed by atoms with Crippen LogP contribution >= 0.6 is 0 Å². The zero-order valence-electron chi connectivity index (χ0n) is 8.18. The minimum atomic E-state index is -0.622. The van der Waals surface area contributed by atoms with Crippen molar-refractivity contribution in [3.8, 4) is 6.07 Å². The number of aromatic amines is 1. The molecule has 16 heavy (non-hydrogen) atoms. The number of H-pyrrole nitrogens is 1. The Morgan fingerprint density at radius 2 is 2.25 bits per heavy atom. The zero-order valence-corrected chi connectivity index (χ0v) is 8.18. The average Bonchev–Trinajstić information content (AvgIpc) is 2.63. The fourth-order valence-electron chi connectivity index (χ4n) is 1.40. The Kier molecular flexibility index (Phi) is 1.89. The third kappa shape index (κ3) is 1.06. The summed E-state index contributed by atoms with van der Waals surface area (Å²) in [5.74, 6) is 0. The highest BCUT2D eigenvalue weighted by Crippen LogP contribution is 2.21. The highest BCUT2D eigenvalue weighted by atomic mass is 16.2. The standard InChI is InChI=1S/C9H5N5O2/c1-11-6-4-14-7(5(6)3-10)12-8(15)13(2)9(14)16/h4H,2H3,(H,12,15). The summed E-state index contributed by atoms with van der Waals surface area (Å²) in [6.45, 7) is 6.86. The van der Waals surface area contributed by atoms with Crippen molar-refractivity contribution in [3.05, 3.63) is 44.1 Å². The van der Waals surface area contributed by atoms with Gasteiger partial charge in [-0.3, -0.25) is 9.38 Å². The molecule has 7 nitrogen and oxygen atoms in total. The van der Waals surface area contributed by atoms with E-state index < -0.39 is 11.4 Å². The lowest BCUT2D eigenvalue weighted by Gasteiger charge is -1.98. The number of fused-ring (bicyclic) bond motifs is 1. The van der Waals surface area contributed by atoms with E-state index in [1.54, 1.807) is 6.07 Å². The lowest BCUT2D eigenvalue weighted by Crippen LogP contribution is -2.36. The van der Waals surface area contributed by atoms with Crippen molar-refractivity contribution < 1.29 is 0 Å². The number of aromatic nitrogens is 3. The molecular weight excluding hydrogens is 210 g/mol. The number of rotatable bonds is 0. The molecule has 0 aliphatic heterocycles. The average molecular weight is 215 g/mol. The van der Waals surface area contributed by atoms with Gasteiger partial charge in [-0.25, -0.2) is 19.0 Å². The summed E-state index contributed by atoms with van der Waals surface area (Å²) in [6, 6.07) is 1.79. The molecule has 2 aromatic heterocycles. The molecule has 7 heteroatoms. The van der Waals surface area contributed by atoms with Crippen LogP contribution in [0.2, 0.25) is 0 Å². The first kappa shape index (κ1) is 9.74. The second-order valence-corrected chi connectivity index (χ2v) is 3.10. The molecule has 0 spiro atoms. The van der Waals surface area contributed by atoms with E-state index in [1.807, 2.05) is 0 Å². The largest absolute Gasteiger partial charge is 0.336 e. The lowest BCUT2D eigenvalue weighted by molar-refractivity contribution is 0.721. The Labute approximate surface area is 88.6 Å². The highest BCUT2D eigenvalue weighted by molar-refractivity contribution is 5.71. The number of hydrogen-bond acceptors (Lipinski definition) is 3. The summed E-state index contributed by atoms with van der Waals surface area (Å²) < 4.78 is 1.94. The minimum Gasteiger partial charge on any atom is -0.293 e. The van der Waals surface area contributed by atoms with E-state index in [1.165, 1.54) is 13.2 Å². The molecule has 0 atom stereocenters. The van der Waals surface area contributed by atoms with Crippen LogP contribution in [0.4, 0.5) is 5.69 Å². The molecule has 0 saturated carbocycles. The Hall–Kier alpha value is -2.80. The predicted molar refractivity (Wildman–Crippen MR) is 54.2 cm³/mol. The number of nitrogens with one attached hydrogen (secondary N) is 1. The van der Waals surface area contributed by atoms with Crippen LogP contribution in [-0.4, -0.2) is 14.0 Å². The van der Waals surface area contributed by atoms with E-state index in [0.717, 1.165) is 8.97 Å². The van der Waals surface area contributed by atoms with Gasteiger partial charge in [0, 0.05) is 13.2 Å². The maximum absolute atomic E-state index is 11.6. The fourth-order valence-corrected chi connectivity index (χ4v) is 1.40. The molecule has 0 fully saturated rings. The van der Waals surface area contributed by atoms with Gasteiger partial charge >= 0.3 is 11.4 Å². The summed E-state index contributed by atoms with van der Waals surface area (Å²) in [5, 5.41) is 8.85. The predicted octanol–water partition coefficient (Wildman–Crippen LogP) is -0.251. The van der Waals surface area contributed by atoms with Gasteiger partial charge < -0.3 is 0 Å². The molecule has 0 bridgehead atoms. The third-order valence-corrected chi connectivity index (χ3v) is 2.24. The van der Waals surface area contributed by atoms with E-state index in [0.29, 0.717) is 0 Å². The molecule has 78 valence electrons. The van der Waals surface area contributed by atoms with E-state index in [4.69, 9.17) is 11.8 Å². The molecule has 0 aliphatic rings. The fraction of sp³-hybridized carbons (Fsp3) is 0.111. The van der Waals surface area contributed by atoms with Gasteiger partial charge in [-0.05, 0) is 0 Å². The van der Waals surface area contributed by atoms with E-state index in [9.17, 15) is 9.59 Å². The van der Waals surface area contributed by atoms with Crippen LogP contribution < -0.4 is 11.4 Å². The molecule has 0 aromatic carbocycles. The van der Waals surface area contributed by atoms with Crippen molar-refractivity contribution in [2.45, 2.75) is 0 Å². The van der Waals surface area contributed by atoms with E-state index in [2.05, 4.69) is 9.83 Å². The lowest BCUT2D eigenvalue weighted by atomic mass is 10.3. The number of nitriles is 1.